The highest BCUT2D eigenvalue weighted by Crippen LogP contribution is 2.22. The van der Waals surface area contributed by atoms with Crippen molar-refractivity contribution in [2.24, 2.45) is 5.14 Å². The first-order valence-corrected chi connectivity index (χ1v) is 8.98. The number of alkyl halides is 2. The molecule has 1 unspecified atom stereocenters. The molecule has 0 radical (unpaired) electrons. The Labute approximate surface area is 148 Å². The fraction of sp³-hybridized carbons (Fsp3) is 0.188. The Balaban J connectivity index is 0.000000190. The Bertz CT molecular complexity index is 919. The first kappa shape index (κ1) is 19.6. The number of hydrogen-bond donors (Lipinski definition) is 1. The van der Waals surface area contributed by atoms with Gasteiger partial charge in [-0.2, -0.15) is 8.78 Å². The Hall–Kier alpha value is -2.72. The molecule has 0 aliphatic rings. The highest BCUT2D eigenvalue weighted by Gasteiger charge is 2.17. The molecule has 0 spiro atoms. The van der Waals surface area contributed by atoms with Gasteiger partial charge in [0.25, 0.3) is 5.89 Å². The second-order valence-electron chi connectivity index (χ2n) is 5.13. The summed E-state index contributed by atoms with van der Waals surface area (Å²) in [7, 11) is -3.46. The number of aromatic nitrogens is 3. The van der Waals surface area contributed by atoms with Gasteiger partial charge in [-0.05, 0) is 24.6 Å². The van der Waals surface area contributed by atoms with Crippen LogP contribution in [-0.2, 0) is 10.0 Å². The molecule has 0 amide bonds. The zero-order valence-electron chi connectivity index (χ0n) is 13.7. The molecule has 0 fully saturated rings. The summed E-state index contributed by atoms with van der Waals surface area (Å²) in [6.45, 7) is 1.57. The van der Waals surface area contributed by atoms with Gasteiger partial charge in [0.2, 0.25) is 15.9 Å². The summed E-state index contributed by atoms with van der Waals surface area (Å²) in [6, 6.07) is 12.2. The zero-order chi connectivity index (χ0) is 19.2. The Morgan fingerprint density at radius 1 is 1.08 bits per heavy atom. The standard InChI is InChI=1S/C8H5F2N3O.C8H11NO2S/c9-6(10)8-13-12-7(14-8)5-2-1-3-11-4-5;1-7(12(9,10)11)8-5-3-2-4-6-8/h1-4,6H;2-7H,1H3,(H2,9,10,11). The average molecular weight is 382 g/mol. The SMILES string of the molecule is CC(c1ccccc1)S(N)(=O)=O.FC(F)c1nnc(-c2cccnc2)o1. The van der Waals surface area contributed by atoms with Gasteiger partial charge in [-0.1, -0.05) is 30.3 Å². The van der Waals surface area contributed by atoms with E-state index in [2.05, 4.69) is 15.2 Å². The van der Waals surface area contributed by atoms with Gasteiger partial charge >= 0.3 is 6.43 Å². The first-order chi connectivity index (χ1) is 12.3. The Morgan fingerprint density at radius 3 is 2.27 bits per heavy atom. The van der Waals surface area contributed by atoms with Crippen LogP contribution >= 0.6 is 0 Å². The fourth-order valence-electron chi connectivity index (χ4n) is 1.84. The lowest BCUT2D eigenvalue weighted by Gasteiger charge is -2.07. The van der Waals surface area contributed by atoms with E-state index in [0.29, 0.717) is 5.56 Å². The van der Waals surface area contributed by atoms with Gasteiger partial charge in [0.1, 0.15) is 0 Å². The lowest BCUT2D eigenvalue weighted by atomic mass is 10.2. The molecule has 2 heterocycles. The summed E-state index contributed by atoms with van der Waals surface area (Å²) in [5.41, 5.74) is 1.24. The van der Waals surface area contributed by atoms with Crippen molar-refractivity contribution >= 4 is 10.0 Å². The Kier molecular flexibility index (Phi) is 6.47. The maximum atomic E-state index is 12.1. The molecule has 7 nitrogen and oxygen atoms in total. The van der Waals surface area contributed by atoms with Crippen LogP contribution in [0.25, 0.3) is 11.5 Å². The number of nitrogens with zero attached hydrogens (tertiary/aromatic N) is 3. The third-order valence-corrected chi connectivity index (χ3v) is 4.56. The molecule has 3 rings (SSSR count). The van der Waals surface area contributed by atoms with E-state index in [0.717, 1.165) is 5.56 Å². The number of halogens is 2. The molecule has 0 aliphatic heterocycles. The monoisotopic (exact) mass is 382 g/mol. The molecule has 2 N–H and O–H groups in total. The van der Waals surface area contributed by atoms with E-state index >= 15 is 0 Å². The molecule has 3 aromatic rings. The van der Waals surface area contributed by atoms with Crippen molar-refractivity contribution in [2.75, 3.05) is 0 Å². The van der Waals surface area contributed by atoms with E-state index in [1.54, 1.807) is 49.5 Å². The number of primary sulfonamides is 1. The van der Waals surface area contributed by atoms with Crippen LogP contribution in [0.1, 0.15) is 30.1 Å². The minimum Gasteiger partial charge on any atom is -0.415 e. The van der Waals surface area contributed by atoms with Crippen LogP contribution in [0, 0.1) is 0 Å². The highest BCUT2D eigenvalue weighted by molar-refractivity contribution is 7.89. The van der Waals surface area contributed by atoms with Gasteiger partial charge in [-0.25, -0.2) is 13.6 Å². The summed E-state index contributed by atoms with van der Waals surface area (Å²) in [4.78, 5) is 3.80. The third-order valence-electron chi connectivity index (χ3n) is 3.30. The van der Waals surface area contributed by atoms with Crippen molar-refractivity contribution in [1.29, 1.82) is 0 Å². The van der Waals surface area contributed by atoms with E-state index < -0.39 is 27.6 Å². The number of hydrogen-bond acceptors (Lipinski definition) is 6. The number of rotatable bonds is 4. The molecule has 0 bridgehead atoms. The molecule has 1 aromatic carbocycles. The van der Waals surface area contributed by atoms with Crippen LogP contribution in [0.3, 0.4) is 0 Å². The number of benzene rings is 1. The van der Waals surface area contributed by atoms with Gasteiger partial charge in [-0.3, -0.25) is 4.98 Å². The van der Waals surface area contributed by atoms with Crippen LogP contribution in [0.5, 0.6) is 0 Å². The molecular weight excluding hydrogens is 366 g/mol. The topological polar surface area (TPSA) is 112 Å². The minimum absolute atomic E-state index is 0.0494. The fourth-order valence-corrected chi connectivity index (χ4v) is 2.38. The highest BCUT2D eigenvalue weighted by atomic mass is 32.2. The molecule has 26 heavy (non-hydrogen) atoms. The molecule has 1 atom stereocenters. The van der Waals surface area contributed by atoms with Crippen LogP contribution in [0.4, 0.5) is 8.78 Å². The Morgan fingerprint density at radius 2 is 1.77 bits per heavy atom. The minimum atomic E-state index is -3.46. The summed E-state index contributed by atoms with van der Waals surface area (Å²) >= 11 is 0. The molecule has 0 aliphatic carbocycles. The second kappa shape index (κ2) is 8.59. The van der Waals surface area contributed by atoms with Crippen molar-refractivity contribution in [2.45, 2.75) is 18.6 Å². The molecular formula is C16H16F2N4O3S. The number of sulfonamides is 1. The van der Waals surface area contributed by atoms with Gasteiger partial charge in [-0.15, -0.1) is 10.2 Å². The number of pyridine rings is 1. The first-order valence-electron chi connectivity index (χ1n) is 7.37. The summed E-state index contributed by atoms with van der Waals surface area (Å²) in [6.07, 6.45) is 0.282. The molecule has 0 saturated heterocycles. The van der Waals surface area contributed by atoms with Crippen molar-refractivity contribution in [1.82, 2.24) is 15.2 Å². The van der Waals surface area contributed by atoms with Crippen LogP contribution in [0.2, 0.25) is 0 Å². The van der Waals surface area contributed by atoms with Crippen molar-refractivity contribution < 1.29 is 21.6 Å². The van der Waals surface area contributed by atoms with Gasteiger partial charge in [0.05, 0.1) is 10.8 Å². The molecule has 0 saturated carbocycles. The van der Waals surface area contributed by atoms with Crippen molar-refractivity contribution in [3.63, 3.8) is 0 Å². The van der Waals surface area contributed by atoms with E-state index in [4.69, 9.17) is 9.56 Å². The summed E-state index contributed by atoms with van der Waals surface area (Å²) in [5.74, 6) is -0.628. The quantitative estimate of drug-likeness (QED) is 0.742. The predicted octanol–water partition coefficient (Wildman–Crippen LogP) is 3.11. The van der Waals surface area contributed by atoms with Crippen LogP contribution in [0.15, 0.2) is 59.3 Å². The summed E-state index contributed by atoms with van der Waals surface area (Å²) < 4.78 is 50.7. The number of nitrogens with two attached hydrogens (primary N) is 1. The predicted molar refractivity (Wildman–Crippen MR) is 90.5 cm³/mol. The van der Waals surface area contributed by atoms with Gasteiger partial charge in [0.15, 0.2) is 0 Å². The van der Waals surface area contributed by atoms with Gasteiger partial charge < -0.3 is 4.42 Å². The van der Waals surface area contributed by atoms with Crippen LogP contribution < -0.4 is 5.14 Å². The second-order valence-corrected chi connectivity index (χ2v) is 7.01. The zero-order valence-corrected chi connectivity index (χ0v) is 14.5. The van der Waals surface area contributed by atoms with Crippen molar-refractivity contribution in [3.05, 3.63) is 66.3 Å². The van der Waals surface area contributed by atoms with E-state index in [1.807, 2.05) is 6.07 Å². The van der Waals surface area contributed by atoms with Gasteiger partial charge in [0, 0.05) is 12.4 Å². The lowest BCUT2D eigenvalue weighted by Crippen LogP contribution is -2.19. The van der Waals surface area contributed by atoms with Crippen LogP contribution in [-0.4, -0.2) is 23.6 Å². The van der Waals surface area contributed by atoms with E-state index in [-0.39, 0.29) is 5.89 Å². The largest absolute Gasteiger partial charge is 0.415 e. The molecule has 138 valence electrons. The average Bonchev–Trinajstić information content (AvgIpc) is 3.13. The summed E-state index contributed by atoms with van der Waals surface area (Å²) in [5, 5.41) is 11.0. The van der Waals surface area contributed by atoms with E-state index in [9.17, 15) is 17.2 Å². The van der Waals surface area contributed by atoms with E-state index in [1.165, 1.54) is 6.20 Å². The normalized spacial score (nSPS) is 12.3. The molecule has 10 heteroatoms. The third kappa shape index (κ3) is 5.39. The van der Waals surface area contributed by atoms with Crippen molar-refractivity contribution in [3.8, 4) is 11.5 Å². The lowest BCUT2D eigenvalue weighted by molar-refractivity contribution is 0.116. The maximum absolute atomic E-state index is 12.1. The molecule has 2 aromatic heterocycles. The smallest absolute Gasteiger partial charge is 0.314 e. The maximum Gasteiger partial charge on any atom is 0.314 e.